The maximum absolute atomic E-state index is 11.6. The number of hydrogen-bond donors (Lipinski definition) is 0. The molecule has 106 valence electrons. The fourth-order valence-corrected chi connectivity index (χ4v) is 2.28. The second-order valence-corrected chi connectivity index (χ2v) is 4.76. The number of nitrogens with zero attached hydrogens (tertiary/aromatic N) is 3. The Labute approximate surface area is 113 Å². The molecule has 0 bridgehead atoms. The van der Waals surface area contributed by atoms with E-state index in [0.29, 0.717) is 19.0 Å². The average Bonchev–Trinajstić information content (AvgIpc) is 2.87. The first-order chi connectivity index (χ1) is 9.22. The number of aromatic nitrogens is 2. The number of hydrogen-bond acceptors (Lipinski definition) is 6. The molecule has 0 aromatic carbocycles. The van der Waals surface area contributed by atoms with E-state index in [1.54, 1.807) is 0 Å². The van der Waals surface area contributed by atoms with Gasteiger partial charge in [0.05, 0.1) is 19.1 Å². The normalized spacial score (nSPS) is 17.6. The summed E-state index contributed by atoms with van der Waals surface area (Å²) in [5.41, 5.74) is 0. The Hall–Kier alpha value is -1.43. The quantitative estimate of drug-likeness (QED) is 0.751. The number of piperidine rings is 1. The molecule has 0 amide bonds. The predicted molar refractivity (Wildman–Crippen MR) is 68.3 cm³/mol. The smallest absolute Gasteiger partial charge is 0.309 e. The number of aryl methyl sites for hydroxylation is 1. The van der Waals surface area contributed by atoms with Crippen LogP contribution in [-0.2, 0) is 22.5 Å². The second-order valence-electron chi connectivity index (χ2n) is 4.76. The van der Waals surface area contributed by atoms with Gasteiger partial charge in [0.2, 0.25) is 5.89 Å². The number of esters is 1. The summed E-state index contributed by atoms with van der Waals surface area (Å²) in [6, 6.07) is 0. The zero-order valence-electron chi connectivity index (χ0n) is 11.6. The van der Waals surface area contributed by atoms with Gasteiger partial charge in [0.15, 0.2) is 5.82 Å². The molecule has 6 heteroatoms. The van der Waals surface area contributed by atoms with E-state index >= 15 is 0 Å². The predicted octanol–water partition coefficient (Wildman–Crippen LogP) is 1.41. The van der Waals surface area contributed by atoms with E-state index in [4.69, 9.17) is 9.26 Å². The van der Waals surface area contributed by atoms with E-state index in [0.717, 1.165) is 38.2 Å². The zero-order valence-corrected chi connectivity index (χ0v) is 11.6. The van der Waals surface area contributed by atoms with Crippen LogP contribution in [0, 0.1) is 5.92 Å². The van der Waals surface area contributed by atoms with Gasteiger partial charge in [-0.25, -0.2) is 0 Å². The number of carbonyl (C=O) groups is 1. The molecule has 2 rings (SSSR count). The van der Waals surface area contributed by atoms with Crippen LogP contribution in [-0.4, -0.2) is 40.7 Å². The Balaban J connectivity index is 1.78. The minimum Gasteiger partial charge on any atom is -0.466 e. The van der Waals surface area contributed by atoms with Crippen LogP contribution < -0.4 is 0 Å². The highest BCUT2D eigenvalue weighted by molar-refractivity contribution is 5.72. The van der Waals surface area contributed by atoms with Crippen molar-refractivity contribution in [2.75, 3.05) is 19.7 Å². The van der Waals surface area contributed by atoms with Gasteiger partial charge in [-0.2, -0.15) is 4.98 Å². The monoisotopic (exact) mass is 267 g/mol. The standard InChI is InChI=1S/C13H21N3O3/c1-3-11-14-12(19-15-11)9-16-7-5-10(6-8-16)13(17)18-4-2/h10H,3-9H2,1-2H3. The molecule has 1 aromatic rings. The van der Waals surface area contributed by atoms with Crippen molar-refractivity contribution in [1.29, 1.82) is 0 Å². The molecule has 19 heavy (non-hydrogen) atoms. The van der Waals surface area contributed by atoms with Crippen LogP contribution in [0.1, 0.15) is 38.4 Å². The van der Waals surface area contributed by atoms with Crippen molar-refractivity contribution >= 4 is 5.97 Å². The molecule has 6 nitrogen and oxygen atoms in total. The Morgan fingerprint density at radius 3 is 2.74 bits per heavy atom. The highest BCUT2D eigenvalue weighted by Crippen LogP contribution is 2.19. The minimum absolute atomic E-state index is 0.0464. The van der Waals surface area contributed by atoms with Crippen molar-refractivity contribution in [2.45, 2.75) is 39.7 Å². The second kappa shape index (κ2) is 6.65. The van der Waals surface area contributed by atoms with Gasteiger partial charge in [0, 0.05) is 6.42 Å². The third-order valence-electron chi connectivity index (χ3n) is 3.39. The number of likely N-dealkylation sites (tertiary alicyclic amines) is 1. The van der Waals surface area contributed by atoms with Crippen LogP contribution in [0.2, 0.25) is 0 Å². The van der Waals surface area contributed by atoms with E-state index in [9.17, 15) is 4.79 Å². The summed E-state index contributed by atoms with van der Waals surface area (Å²) in [7, 11) is 0. The SMILES string of the molecule is CCOC(=O)C1CCN(Cc2nc(CC)no2)CC1. The maximum atomic E-state index is 11.6. The molecular weight excluding hydrogens is 246 g/mol. The molecule has 1 fully saturated rings. The molecule has 1 aliphatic rings. The Bertz CT molecular complexity index is 411. The van der Waals surface area contributed by atoms with E-state index in [1.165, 1.54) is 0 Å². The molecule has 0 spiro atoms. The van der Waals surface area contributed by atoms with E-state index < -0.39 is 0 Å². The zero-order chi connectivity index (χ0) is 13.7. The van der Waals surface area contributed by atoms with Crippen molar-refractivity contribution in [3.63, 3.8) is 0 Å². The van der Waals surface area contributed by atoms with Crippen molar-refractivity contribution < 1.29 is 14.1 Å². The van der Waals surface area contributed by atoms with E-state index in [-0.39, 0.29) is 11.9 Å². The molecule has 1 aromatic heterocycles. The highest BCUT2D eigenvalue weighted by atomic mass is 16.5. The lowest BCUT2D eigenvalue weighted by Crippen LogP contribution is -2.36. The summed E-state index contributed by atoms with van der Waals surface area (Å²) in [4.78, 5) is 18.2. The molecule has 0 N–H and O–H groups in total. The Morgan fingerprint density at radius 1 is 1.42 bits per heavy atom. The molecule has 0 saturated carbocycles. The summed E-state index contributed by atoms with van der Waals surface area (Å²) in [6.45, 7) is 6.71. The fraction of sp³-hybridized carbons (Fsp3) is 0.769. The van der Waals surface area contributed by atoms with Crippen LogP contribution in [0.3, 0.4) is 0 Å². The van der Waals surface area contributed by atoms with Gasteiger partial charge in [-0.15, -0.1) is 0 Å². The largest absolute Gasteiger partial charge is 0.466 e. The Kier molecular flexibility index (Phi) is 4.90. The van der Waals surface area contributed by atoms with Crippen LogP contribution in [0.15, 0.2) is 4.52 Å². The van der Waals surface area contributed by atoms with Crippen molar-refractivity contribution in [2.24, 2.45) is 5.92 Å². The minimum atomic E-state index is -0.0618. The molecule has 1 saturated heterocycles. The van der Waals surface area contributed by atoms with Crippen molar-refractivity contribution in [1.82, 2.24) is 15.0 Å². The van der Waals surface area contributed by atoms with Gasteiger partial charge in [-0.3, -0.25) is 9.69 Å². The van der Waals surface area contributed by atoms with Gasteiger partial charge >= 0.3 is 5.97 Å². The molecule has 0 unspecified atom stereocenters. The molecule has 0 atom stereocenters. The molecule has 0 radical (unpaired) electrons. The number of carbonyl (C=O) groups excluding carboxylic acids is 1. The third-order valence-corrected chi connectivity index (χ3v) is 3.39. The summed E-state index contributed by atoms with van der Waals surface area (Å²) in [5, 5.41) is 3.88. The molecule has 2 heterocycles. The van der Waals surface area contributed by atoms with Gasteiger partial charge in [-0.1, -0.05) is 12.1 Å². The van der Waals surface area contributed by atoms with E-state index in [1.807, 2.05) is 13.8 Å². The van der Waals surface area contributed by atoms with Gasteiger partial charge in [0.1, 0.15) is 0 Å². The molecule has 1 aliphatic heterocycles. The highest BCUT2D eigenvalue weighted by Gasteiger charge is 2.26. The van der Waals surface area contributed by atoms with Crippen LogP contribution in [0.5, 0.6) is 0 Å². The first-order valence-corrected chi connectivity index (χ1v) is 6.93. The topological polar surface area (TPSA) is 68.5 Å². The fourth-order valence-electron chi connectivity index (χ4n) is 2.28. The lowest BCUT2D eigenvalue weighted by Gasteiger charge is -2.29. The summed E-state index contributed by atoms with van der Waals surface area (Å²) < 4.78 is 10.2. The lowest BCUT2D eigenvalue weighted by atomic mass is 9.97. The van der Waals surface area contributed by atoms with Gasteiger partial charge in [-0.05, 0) is 32.9 Å². The van der Waals surface area contributed by atoms with Gasteiger partial charge in [0.25, 0.3) is 0 Å². The first kappa shape index (κ1) is 14.0. The maximum Gasteiger partial charge on any atom is 0.309 e. The van der Waals surface area contributed by atoms with Gasteiger partial charge < -0.3 is 9.26 Å². The van der Waals surface area contributed by atoms with Crippen LogP contribution >= 0.6 is 0 Å². The Morgan fingerprint density at radius 2 is 2.16 bits per heavy atom. The summed E-state index contributed by atoms with van der Waals surface area (Å²) in [6.07, 6.45) is 2.47. The van der Waals surface area contributed by atoms with Crippen molar-refractivity contribution in [3.8, 4) is 0 Å². The third kappa shape index (κ3) is 3.76. The average molecular weight is 267 g/mol. The van der Waals surface area contributed by atoms with E-state index in [2.05, 4.69) is 15.0 Å². The van der Waals surface area contributed by atoms with Crippen molar-refractivity contribution in [3.05, 3.63) is 11.7 Å². The number of rotatable bonds is 5. The first-order valence-electron chi connectivity index (χ1n) is 6.93. The molecular formula is C13H21N3O3. The number of ether oxygens (including phenoxy) is 1. The van der Waals surface area contributed by atoms with Crippen LogP contribution in [0.25, 0.3) is 0 Å². The summed E-state index contributed by atoms with van der Waals surface area (Å²) >= 11 is 0. The van der Waals surface area contributed by atoms with Crippen LogP contribution in [0.4, 0.5) is 0 Å². The summed E-state index contributed by atoms with van der Waals surface area (Å²) in [5.74, 6) is 1.39. The lowest BCUT2D eigenvalue weighted by molar-refractivity contribution is -0.149. The molecule has 0 aliphatic carbocycles.